The van der Waals surface area contributed by atoms with E-state index in [0.717, 1.165) is 17.2 Å². The van der Waals surface area contributed by atoms with E-state index in [-0.39, 0.29) is 5.97 Å². The number of nitrogens with one attached hydrogen (secondary N) is 1. The maximum Gasteiger partial charge on any atom is 0.307 e. The van der Waals surface area contributed by atoms with Crippen LogP contribution in [0.5, 0.6) is 0 Å². The highest BCUT2D eigenvalue weighted by molar-refractivity contribution is 7.16. The topological polar surface area (TPSA) is 38.3 Å². The fourth-order valence-electron chi connectivity index (χ4n) is 2.32. The summed E-state index contributed by atoms with van der Waals surface area (Å²) in [4.78, 5) is 12.6. The van der Waals surface area contributed by atoms with E-state index in [1.165, 1.54) is 16.9 Å². The van der Waals surface area contributed by atoms with E-state index >= 15 is 0 Å². The Labute approximate surface area is 116 Å². The van der Waals surface area contributed by atoms with Gasteiger partial charge in [-0.05, 0) is 37.8 Å². The monoisotopic (exact) mass is 287 g/mol. The molecule has 3 nitrogen and oxygen atoms in total. The summed E-state index contributed by atoms with van der Waals surface area (Å²) in [6.45, 7) is 2.94. The van der Waals surface area contributed by atoms with E-state index in [2.05, 4.69) is 11.4 Å². The third-order valence-corrected chi connectivity index (χ3v) is 4.45. The van der Waals surface area contributed by atoms with Gasteiger partial charge in [0.25, 0.3) is 0 Å². The number of hydrogen-bond donors (Lipinski definition) is 1. The molecule has 1 N–H and O–H groups in total. The van der Waals surface area contributed by atoms with Crippen molar-refractivity contribution >= 4 is 28.9 Å². The number of hydrogen-bond acceptors (Lipinski definition) is 4. The molecule has 1 aromatic heterocycles. The van der Waals surface area contributed by atoms with Gasteiger partial charge in [0, 0.05) is 17.5 Å². The lowest BCUT2D eigenvalue weighted by Crippen LogP contribution is -2.26. The second kappa shape index (κ2) is 6.55. The SMILES string of the molecule is CCOC(=O)CCNC1CCCc2sc(Cl)cc21. The molecule has 2 rings (SSSR count). The third kappa shape index (κ3) is 3.46. The maximum absolute atomic E-state index is 11.3. The smallest absolute Gasteiger partial charge is 0.307 e. The number of rotatable bonds is 5. The van der Waals surface area contributed by atoms with Crippen LogP contribution in [0.25, 0.3) is 0 Å². The molecule has 1 unspecified atom stereocenters. The van der Waals surface area contributed by atoms with Crippen LogP contribution in [0.2, 0.25) is 4.34 Å². The summed E-state index contributed by atoms with van der Waals surface area (Å²) < 4.78 is 5.77. The van der Waals surface area contributed by atoms with Crippen molar-refractivity contribution in [2.45, 2.75) is 38.6 Å². The Kier molecular flexibility index (Phi) is 5.03. The number of fused-ring (bicyclic) bond motifs is 1. The summed E-state index contributed by atoms with van der Waals surface area (Å²) in [7, 11) is 0. The molecule has 18 heavy (non-hydrogen) atoms. The molecule has 0 saturated heterocycles. The van der Waals surface area contributed by atoms with Crippen LogP contribution < -0.4 is 5.32 Å². The molecule has 100 valence electrons. The first kappa shape index (κ1) is 13.8. The molecule has 1 heterocycles. The Morgan fingerprint density at radius 1 is 1.67 bits per heavy atom. The first-order valence-electron chi connectivity index (χ1n) is 6.37. The second-order valence-corrected chi connectivity index (χ2v) is 6.15. The Bertz CT molecular complexity index is 419. The van der Waals surface area contributed by atoms with Crippen molar-refractivity contribution < 1.29 is 9.53 Å². The predicted molar refractivity (Wildman–Crippen MR) is 74.3 cm³/mol. The van der Waals surface area contributed by atoms with Gasteiger partial charge in [0.2, 0.25) is 0 Å². The third-order valence-electron chi connectivity index (χ3n) is 3.11. The molecule has 0 aromatic carbocycles. The zero-order valence-electron chi connectivity index (χ0n) is 10.5. The highest BCUT2D eigenvalue weighted by Gasteiger charge is 2.22. The lowest BCUT2D eigenvalue weighted by atomic mass is 9.94. The molecule has 1 atom stereocenters. The Morgan fingerprint density at radius 3 is 3.28 bits per heavy atom. The Morgan fingerprint density at radius 2 is 2.50 bits per heavy atom. The van der Waals surface area contributed by atoms with Crippen molar-refractivity contribution in [2.24, 2.45) is 0 Å². The van der Waals surface area contributed by atoms with E-state index in [4.69, 9.17) is 16.3 Å². The second-order valence-electron chi connectivity index (χ2n) is 4.38. The van der Waals surface area contributed by atoms with Crippen LogP contribution in [0.4, 0.5) is 0 Å². The van der Waals surface area contributed by atoms with Crippen LogP contribution in [0.15, 0.2) is 6.07 Å². The van der Waals surface area contributed by atoms with Crippen molar-refractivity contribution in [3.8, 4) is 0 Å². The van der Waals surface area contributed by atoms with Crippen LogP contribution in [-0.4, -0.2) is 19.1 Å². The summed E-state index contributed by atoms with van der Waals surface area (Å²) in [5.74, 6) is -0.135. The number of ether oxygens (including phenoxy) is 1. The highest BCUT2D eigenvalue weighted by Crippen LogP contribution is 2.37. The van der Waals surface area contributed by atoms with Crippen molar-refractivity contribution in [1.29, 1.82) is 0 Å². The van der Waals surface area contributed by atoms with E-state index in [9.17, 15) is 4.79 Å². The van der Waals surface area contributed by atoms with Gasteiger partial charge in [0.15, 0.2) is 0 Å². The number of halogens is 1. The molecule has 1 aromatic rings. The van der Waals surface area contributed by atoms with E-state index in [1.807, 2.05) is 6.92 Å². The first-order chi connectivity index (χ1) is 8.70. The molecular weight excluding hydrogens is 270 g/mol. The molecule has 5 heteroatoms. The van der Waals surface area contributed by atoms with Crippen LogP contribution in [0, 0.1) is 0 Å². The largest absolute Gasteiger partial charge is 0.466 e. The molecule has 1 aliphatic rings. The summed E-state index contributed by atoms with van der Waals surface area (Å²) in [6.07, 6.45) is 3.85. The fraction of sp³-hybridized carbons (Fsp3) is 0.615. The van der Waals surface area contributed by atoms with Gasteiger partial charge >= 0.3 is 5.97 Å². The van der Waals surface area contributed by atoms with Gasteiger partial charge in [-0.3, -0.25) is 4.79 Å². The quantitative estimate of drug-likeness (QED) is 0.844. The summed E-state index contributed by atoms with van der Waals surface area (Å²) in [5, 5.41) is 3.43. The van der Waals surface area contributed by atoms with Gasteiger partial charge in [-0.25, -0.2) is 0 Å². The molecular formula is C13H18ClNO2S. The number of carbonyl (C=O) groups is 1. The summed E-state index contributed by atoms with van der Waals surface area (Å²) in [5.41, 5.74) is 1.32. The average Bonchev–Trinajstić information content (AvgIpc) is 2.70. The summed E-state index contributed by atoms with van der Waals surface area (Å²) in [6, 6.07) is 2.40. The minimum Gasteiger partial charge on any atom is -0.466 e. The van der Waals surface area contributed by atoms with E-state index in [0.29, 0.717) is 25.6 Å². The molecule has 0 radical (unpaired) electrons. The Balaban J connectivity index is 1.85. The zero-order chi connectivity index (χ0) is 13.0. The van der Waals surface area contributed by atoms with Crippen molar-refractivity contribution in [3.63, 3.8) is 0 Å². The van der Waals surface area contributed by atoms with Crippen LogP contribution in [-0.2, 0) is 16.0 Å². The van der Waals surface area contributed by atoms with Gasteiger partial charge in [0.05, 0.1) is 17.4 Å². The molecule has 0 saturated carbocycles. The number of aryl methyl sites for hydroxylation is 1. The van der Waals surface area contributed by atoms with Gasteiger partial charge < -0.3 is 10.1 Å². The number of thiophene rings is 1. The average molecular weight is 288 g/mol. The minimum absolute atomic E-state index is 0.135. The minimum atomic E-state index is -0.135. The molecule has 0 bridgehead atoms. The van der Waals surface area contributed by atoms with Crippen LogP contribution in [0.1, 0.15) is 42.7 Å². The molecule has 1 aliphatic carbocycles. The van der Waals surface area contributed by atoms with E-state index in [1.54, 1.807) is 11.3 Å². The summed E-state index contributed by atoms with van der Waals surface area (Å²) >= 11 is 7.73. The molecule has 0 fully saturated rings. The van der Waals surface area contributed by atoms with E-state index < -0.39 is 0 Å². The van der Waals surface area contributed by atoms with Crippen molar-refractivity contribution in [3.05, 3.63) is 20.8 Å². The van der Waals surface area contributed by atoms with Crippen LogP contribution in [0.3, 0.4) is 0 Å². The van der Waals surface area contributed by atoms with Crippen molar-refractivity contribution in [2.75, 3.05) is 13.2 Å². The van der Waals surface area contributed by atoms with Gasteiger partial charge in [-0.2, -0.15) is 0 Å². The molecule has 0 aliphatic heterocycles. The standard InChI is InChI=1S/C13H18ClNO2S/c1-2-17-13(16)6-7-15-10-4-3-5-11-9(10)8-12(14)18-11/h8,10,15H,2-7H2,1H3. The Hall–Kier alpha value is -0.580. The number of esters is 1. The normalized spacial score (nSPS) is 18.4. The van der Waals surface area contributed by atoms with Gasteiger partial charge in [-0.1, -0.05) is 11.6 Å². The maximum atomic E-state index is 11.3. The van der Waals surface area contributed by atoms with Gasteiger partial charge in [-0.15, -0.1) is 11.3 Å². The highest BCUT2D eigenvalue weighted by atomic mass is 35.5. The number of carbonyl (C=O) groups excluding carboxylic acids is 1. The first-order valence-corrected chi connectivity index (χ1v) is 7.57. The van der Waals surface area contributed by atoms with Gasteiger partial charge in [0.1, 0.15) is 0 Å². The lowest BCUT2D eigenvalue weighted by molar-refractivity contribution is -0.143. The molecule has 0 amide bonds. The van der Waals surface area contributed by atoms with Crippen LogP contribution >= 0.6 is 22.9 Å². The van der Waals surface area contributed by atoms with Crippen molar-refractivity contribution in [1.82, 2.24) is 5.32 Å². The lowest BCUT2D eigenvalue weighted by Gasteiger charge is -2.23. The molecule has 0 spiro atoms. The predicted octanol–water partition coefficient (Wildman–Crippen LogP) is 3.32. The fourth-order valence-corrected chi connectivity index (χ4v) is 3.70. The zero-order valence-corrected chi connectivity index (χ0v) is 12.1.